The van der Waals surface area contributed by atoms with Crippen molar-refractivity contribution in [3.05, 3.63) is 35.4 Å². The normalized spacial score (nSPS) is 26.8. The molecule has 1 N–H and O–H groups in total. The molecule has 1 aliphatic carbocycles. The minimum absolute atomic E-state index is 0.588. The summed E-state index contributed by atoms with van der Waals surface area (Å²) >= 11 is 0. The molecule has 118 valence electrons. The SMILES string of the molecule is CCCC1CCCC(O)(c2cccc(CC(C)C)c2)CC1. The van der Waals surface area contributed by atoms with E-state index >= 15 is 0 Å². The van der Waals surface area contributed by atoms with Crippen LogP contribution in [-0.4, -0.2) is 5.11 Å². The molecule has 0 spiro atoms. The van der Waals surface area contributed by atoms with E-state index in [0.717, 1.165) is 37.2 Å². The zero-order valence-electron chi connectivity index (χ0n) is 14.1. The van der Waals surface area contributed by atoms with Gasteiger partial charge in [-0.05, 0) is 55.1 Å². The molecule has 1 aliphatic rings. The molecular formula is C20H32O. The molecule has 0 aliphatic heterocycles. The van der Waals surface area contributed by atoms with Crippen molar-refractivity contribution < 1.29 is 5.11 Å². The predicted molar refractivity (Wildman–Crippen MR) is 90.4 cm³/mol. The van der Waals surface area contributed by atoms with Crippen LogP contribution in [0.4, 0.5) is 0 Å². The van der Waals surface area contributed by atoms with Gasteiger partial charge >= 0.3 is 0 Å². The first-order valence-corrected chi connectivity index (χ1v) is 8.85. The smallest absolute Gasteiger partial charge is 0.0896 e. The van der Waals surface area contributed by atoms with Crippen molar-refractivity contribution in [1.82, 2.24) is 0 Å². The molecule has 0 bridgehead atoms. The predicted octanol–water partition coefficient (Wildman–Crippen LogP) is 5.45. The highest BCUT2D eigenvalue weighted by molar-refractivity contribution is 5.29. The van der Waals surface area contributed by atoms with Gasteiger partial charge in [0.05, 0.1) is 5.60 Å². The van der Waals surface area contributed by atoms with Crippen LogP contribution in [0.3, 0.4) is 0 Å². The molecule has 1 aromatic rings. The fraction of sp³-hybridized carbons (Fsp3) is 0.700. The fourth-order valence-electron chi connectivity index (χ4n) is 3.84. The largest absolute Gasteiger partial charge is 0.385 e. The van der Waals surface area contributed by atoms with Crippen molar-refractivity contribution in [2.45, 2.75) is 77.7 Å². The third-order valence-electron chi connectivity index (χ3n) is 4.97. The van der Waals surface area contributed by atoms with E-state index in [2.05, 4.69) is 45.0 Å². The van der Waals surface area contributed by atoms with Crippen molar-refractivity contribution in [3.8, 4) is 0 Å². The summed E-state index contributed by atoms with van der Waals surface area (Å²) < 4.78 is 0. The first-order chi connectivity index (χ1) is 10.0. The van der Waals surface area contributed by atoms with Crippen LogP contribution in [-0.2, 0) is 12.0 Å². The number of hydrogen-bond donors (Lipinski definition) is 1. The van der Waals surface area contributed by atoms with E-state index in [1.807, 2.05) is 0 Å². The zero-order chi connectivity index (χ0) is 15.3. The first-order valence-electron chi connectivity index (χ1n) is 8.85. The number of aliphatic hydroxyl groups is 1. The maximum absolute atomic E-state index is 11.2. The van der Waals surface area contributed by atoms with Crippen LogP contribution in [0.15, 0.2) is 24.3 Å². The molecule has 1 aromatic carbocycles. The zero-order valence-corrected chi connectivity index (χ0v) is 14.1. The fourth-order valence-corrected chi connectivity index (χ4v) is 3.84. The summed E-state index contributed by atoms with van der Waals surface area (Å²) in [5.74, 6) is 1.49. The van der Waals surface area contributed by atoms with Gasteiger partial charge in [0.15, 0.2) is 0 Å². The van der Waals surface area contributed by atoms with Crippen LogP contribution < -0.4 is 0 Å². The van der Waals surface area contributed by atoms with Crippen LogP contribution in [0, 0.1) is 11.8 Å². The summed E-state index contributed by atoms with van der Waals surface area (Å²) in [5, 5.41) is 11.2. The summed E-state index contributed by atoms with van der Waals surface area (Å²) in [7, 11) is 0. The van der Waals surface area contributed by atoms with Gasteiger partial charge in [0.2, 0.25) is 0 Å². The second-order valence-corrected chi connectivity index (χ2v) is 7.42. The molecule has 1 fully saturated rings. The summed E-state index contributed by atoms with van der Waals surface area (Å²) in [6, 6.07) is 8.70. The van der Waals surface area contributed by atoms with Crippen LogP contribution in [0.2, 0.25) is 0 Å². The van der Waals surface area contributed by atoms with Gasteiger partial charge in [-0.25, -0.2) is 0 Å². The van der Waals surface area contributed by atoms with Crippen molar-refractivity contribution in [1.29, 1.82) is 0 Å². The molecule has 2 unspecified atom stereocenters. The minimum atomic E-state index is -0.588. The molecule has 0 heterocycles. The molecule has 1 nitrogen and oxygen atoms in total. The van der Waals surface area contributed by atoms with E-state index in [9.17, 15) is 5.11 Å². The van der Waals surface area contributed by atoms with Crippen LogP contribution >= 0.6 is 0 Å². The standard InChI is InChI=1S/C20H32O/c1-4-7-17-9-6-12-20(21,13-11-17)19-10-5-8-18(15-19)14-16(2)3/h5,8,10,15-17,21H,4,6-7,9,11-14H2,1-3H3. The maximum Gasteiger partial charge on any atom is 0.0896 e. The van der Waals surface area contributed by atoms with Crippen molar-refractivity contribution >= 4 is 0 Å². The lowest BCUT2D eigenvalue weighted by Gasteiger charge is -2.28. The Bertz CT molecular complexity index is 437. The Morgan fingerprint density at radius 2 is 2.05 bits per heavy atom. The Morgan fingerprint density at radius 3 is 2.76 bits per heavy atom. The maximum atomic E-state index is 11.2. The van der Waals surface area contributed by atoms with Crippen LogP contribution in [0.5, 0.6) is 0 Å². The topological polar surface area (TPSA) is 20.2 Å². The third-order valence-corrected chi connectivity index (χ3v) is 4.97. The molecule has 0 radical (unpaired) electrons. The van der Waals surface area contributed by atoms with Crippen molar-refractivity contribution in [2.75, 3.05) is 0 Å². The number of rotatable bonds is 5. The van der Waals surface area contributed by atoms with Crippen LogP contribution in [0.1, 0.15) is 76.8 Å². The lowest BCUT2D eigenvalue weighted by Crippen LogP contribution is -2.25. The van der Waals surface area contributed by atoms with Crippen molar-refractivity contribution in [3.63, 3.8) is 0 Å². The van der Waals surface area contributed by atoms with Gasteiger partial charge in [0, 0.05) is 0 Å². The van der Waals surface area contributed by atoms with Gasteiger partial charge in [-0.2, -0.15) is 0 Å². The van der Waals surface area contributed by atoms with Crippen molar-refractivity contribution in [2.24, 2.45) is 11.8 Å². The molecular weight excluding hydrogens is 256 g/mol. The monoisotopic (exact) mass is 288 g/mol. The Hall–Kier alpha value is -0.820. The van der Waals surface area contributed by atoms with Gasteiger partial charge in [-0.3, -0.25) is 0 Å². The molecule has 0 saturated heterocycles. The quantitative estimate of drug-likeness (QED) is 0.714. The van der Waals surface area contributed by atoms with Crippen LogP contribution in [0.25, 0.3) is 0 Å². The van der Waals surface area contributed by atoms with Gasteiger partial charge in [0.1, 0.15) is 0 Å². The first kappa shape index (κ1) is 16.5. The van der Waals surface area contributed by atoms with E-state index in [-0.39, 0.29) is 0 Å². The Labute approximate surface area is 130 Å². The van der Waals surface area contributed by atoms with E-state index in [1.54, 1.807) is 0 Å². The molecule has 21 heavy (non-hydrogen) atoms. The molecule has 0 amide bonds. The second-order valence-electron chi connectivity index (χ2n) is 7.42. The van der Waals surface area contributed by atoms with Gasteiger partial charge in [-0.1, -0.05) is 64.3 Å². The van der Waals surface area contributed by atoms with Gasteiger partial charge in [-0.15, -0.1) is 0 Å². The Morgan fingerprint density at radius 1 is 1.24 bits per heavy atom. The third kappa shape index (κ3) is 4.57. The van der Waals surface area contributed by atoms with Gasteiger partial charge in [0.25, 0.3) is 0 Å². The van der Waals surface area contributed by atoms with E-state index in [0.29, 0.717) is 5.92 Å². The molecule has 2 atom stereocenters. The molecule has 0 aromatic heterocycles. The van der Waals surface area contributed by atoms with E-state index < -0.39 is 5.60 Å². The summed E-state index contributed by atoms with van der Waals surface area (Å²) in [4.78, 5) is 0. The summed E-state index contributed by atoms with van der Waals surface area (Å²) in [6.45, 7) is 6.78. The second kappa shape index (κ2) is 7.45. The van der Waals surface area contributed by atoms with E-state index in [4.69, 9.17) is 0 Å². The lowest BCUT2D eigenvalue weighted by atomic mass is 9.84. The highest BCUT2D eigenvalue weighted by Crippen LogP contribution is 2.39. The number of benzene rings is 1. The molecule has 1 saturated carbocycles. The Kier molecular flexibility index (Phi) is 5.87. The van der Waals surface area contributed by atoms with E-state index in [1.165, 1.54) is 31.2 Å². The average molecular weight is 288 g/mol. The number of hydrogen-bond acceptors (Lipinski definition) is 1. The molecule has 1 heteroatoms. The minimum Gasteiger partial charge on any atom is -0.385 e. The summed E-state index contributed by atoms with van der Waals surface area (Å²) in [5.41, 5.74) is 1.93. The molecule has 2 rings (SSSR count). The highest BCUT2D eigenvalue weighted by Gasteiger charge is 2.32. The average Bonchev–Trinajstić information content (AvgIpc) is 2.62. The van der Waals surface area contributed by atoms with Gasteiger partial charge < -0.3 is 5.11 Å². The lowest BCUT2D eigenvalue weighted by molar-refractivity contribution is 0.0195. The highest BCUT2D eigenvalue weighted by atomic mass is 16.3. The Balaban J connectivity index is 2.12. The summed E-state index contributed by atoms with van der Waals surface area (Å²) in [6.07, 6.45) is 9.19.